The fourth-order valence-corrected chi connectivity index (χ4v) is 3.45. The lowest BCUT2D eigenvalue weighted by Gasteiger charge is -2.12. The summed E-state index contributed by atoms with van der Waals surface area (Å²) in [5, 5.41) is 2.11. The zero-order chi connectivity index (χ0) is 16.5. The van der Waals surface area contributed by atoms with E-state index in [1.54, 1.807) is 0 Å². The first kappa shape index (κ1) is 14.6. The highest BCUT2D eigenvalue weighted by Gasteiger charge is 2.19. The maximum Gasteiger partial charge on any atom is 0.194 e. The molecular weight excluding hydrogens is 292 g/mol. The number of rotatable bonds is 3. The van der Waals surface area contributed by atoms with Crippen LogP contribution in [0.5, 0.6) is 0 Å². The Morgan fingerprint density at radius 3 is 2.38 bits per heavy atom. The molecule has 4 rings (SSSR count). The zero-order valence-electron chi connectivity index (χ0n) is 13.6. The summed E-state index contributed by atoms with van der Waals surface area (Å²) >= 11 is 0. The van der Waals surface area contributed by atoms with Crippen molar-refractivity contribution in [3.8, 4) is 0 Å². The van der Waals surface area contributed by atoms with Crippen LogP contribution in [0.1, 0.15) is 34.8 Å². The minimum Gasteiger partial charge on any atom is -0.289 e. The van der Waals surface area contributed by atoms with Crippen molar-refractivity contribution in [2.24, 2.45) is 0 Å². The van der Waals surface area contributed by atoms with Crippen molar-refractivity contribution in [3.05, 3.63) is 101 Å². The van der Waals surface area contributed by atoms with Gasteiger partial charge in [0.1, 0.15) is 0 Å². The predicted molar refractivity (Wildman–Crippen MR) is 100 cm³/mol. The van der Waals surface area contributed by atoms with E-state index in [4.69, 9.17) is 0 Å². The van der Waals surface area contributed by atoms with Gasteiger partial charge in [-0.15, -0.1) is 0 Å². The Morgan fingerprint density at radius 2 is 1.54 bits per heavy atom. The van der Waals surface area contributed by atoms with Crippen molar-refractivity contribution in [1.29, 1.82) is 0 Å². The van der Waals surface area contributed by atoms with Gasteiger partial charge in [-0.1, -0.05) is 78.9 Å². The molecule has 0 aliphatic heterocycles. The van der Waals surface area contributed by atoms with E-state index in [-0.39, 0.29) is 5.78 Å². The van der Waals surface area contributed by atoms with Gasteiger partial charge in [0, 0.05) is 11.1 Å². The van der Waals surface area contributed by atoms with Gasteiger partial charge in [-0.3, -0.25) is 4.79 Å². The third-order valence-corrected chi connectivity index (χ3v) is 4.70. The predicted octanol–water partition coefficient (Wildman–Crippen LogP) is 5.80. The first-order valence-corrected chi connectivity index (χ1v) is 8.24. The molecule has 0 saturated carbocycles. The maximum atomic E-state index is 13.3. The lowest BCUT2D eigenvalue weighted by molar-refractivity contribution is 0.104. The molecule has 0 amide bonds. The third kappa shape index (κ3) is 2.39. The molecule has 0 fully saturated rings. The average molecular weight is 310 g/mol. The van der Waals surface area contributed by atoms with Crippen LogP contribution in [0.3, 0.4) is 0 Å². The van der Waals surface area contributed by atoms with E-state index in [1.807, 2.05) is 60.7 Å². The Kier molecular flexibility index (Phi) is 3.62. The summed E-state index contributed by atoms with van der Waals surface area (Å²) in [7, 11) is 0. The normalized spacial score (nSPS) is 13.7. The van der Waals surface area contributed by atoms with E-state index in [2.05, 4.69) is 25.1 Å². The lowest BCUT2D eigenvalue weighted by atomic mass is 9.90. The summed E-state index contributed by atoms with van der Waals surface area (Å²) in [5.41, 5.74) is 5.10. The van der Waals surface area contributed by atoms with Gasteiger partial charge in [-0.05, 0) is 40.8 Å². The van der Waals surface area contributed by atoms with E-state index >= 15 is 0 Å². The van der Waals surface area contributed by atoms with Crippen molar-refractivity contribution in [2.75, 3.05) is 0 Å². The van der Waals surface area contributed by atoms with Crippen molar-refractivity contribution in [1.82, 2.24) is 0 Å². The molecule has 1 aliphatic rings. The highest BCUT2D eigenvalue weighted by Crippen LogP contribution is 2.32. The van der Waals surface area contributed by atoms with Crippen LogP contribution in [0, 0.1) is 0 Å². The van der Waals surface area contributed by atoms with Crippen LogP contribution in [0.15, 0.2) is 84.5 Å². The van der Waals surface area contributed by atoms with Gasteiger partial charge in [-0.2, -0.15) is 0 Å². The van der Waals surface area contributed by atoms with Gasteiger partial charge in [0.25, 0.3) is 0 Å². The summed E-state index contributed by atoms with van der Waals surface area (Å²) in [6.45, 7) is 2.11. The molecule has 0 atom stereocenters. The topological polar surface area (TPSA) is 17.1 Å². The number of ketones is 1. The first-order valence-electron chi connectivity index (χ1n) is 8.24. The fourth-order valence-electron chi connectivity index (χ4n) is 3.45. The molecule has 0 unspecified atom stereocenters. The molecule has 0 radical (unpaired) electrons. The van der Waals surface area contributed by atoms with Crippen molar-refractivity contribution < 1.29 is 4.79 Å². The second-order valence-electron chi connectivity index (χ2n) is 6.17. The Morgan fingerprint density at radius 1 is 0.833 bits per heavy atom. The largest absolute Gasteiger partial charge is 0.289 e. The van der Waals surface area contributed by atoms with E-state index in [0.29, 0.717) is 0 Å². The fraction of sp³-hybridized carbons (Fsp3) is 0.0870. The molecule has 1 nitrogen and oxygen atoms in total. The van der Waals surface area contributed by atoms with E-state index in [9.17, 15) is 4.79 Å². The Balaban J connectivity index is 1.88. The van der Waals surface area contributed by atoms with Crippen molar-refractivity contribution in [3.63, 3.8) is 0 Å². The van der Waals surface area contributed by atoms with Gasteiger partial charge in [0.2, 0.25) is 0 Å². The summed E-state index contributed by atoms with van der Waals surface area (Å²) in [6, 6.07) is 21.9. The molecule has 0 heterocycles. The summed E-state index contributed by atoms with van der Waals surface area (Å²) in [4.78, 5) is 13.3. The highest BCUT2D eigenvalue weighted by molar-refractivity contribution is 6.18. The molecule has 24 heavy (non-hydrogen) atoms. The Bertz CT molecular complexity index is 1000. The lowest BCUT2D eigenvalue weighted by Crippen LogP contribution is -2.06. The van der Waals surface area contributed by atoms with Crippen LogP contribution < -0.4 is 0 Å². The molecule has 3 aromatic rings. The summed E-state index contributed by atoms with van der Waals surface area (Å²) in [5.74, 6) is 0.0922. The van der Waals surface area contributed by atoms with Gasteiger partial charge >= 0.3 is 0 Å². The maximum absolute atomic E-state index is 13.3. The van der Waals surface area contributed by atoms with Gasteiger partial charge in [0.05, 0.1) is 0 Å². The second-order valence-corrected chi connectivity index (χ2v) is 6.17. The zero-order valence-corrected chi connectivity index (χ0v) is 13.6. The highest BCUT2D eigenvalue weighted by atomic mass is 16.1. The number of hydrogen-bond donors (Lipinski definition) is 0. The van der Waals surface area contributed by atoms with Crippen LogP contribution in [-0.2, 0) is 0 Å². The molecule has 0 saturated heterocycles. The molecular formula is C23H18O. The van der Waals surface area contributed by atoms with E-state index in [1.165, 1.54) is 11.1 Å². The van der Waals surface area contributed by atoms with E-state index in [0.717, 1.165) is 33.9 Å². The first-order chi connectivity index (χ1) is 11.8. The van der Waals surface area contributed by atoms with Gasteiger partial charge in [-0.25, -0.2) is 0 Å². The summed E-state index contributed by atoms with van der Waals surface area (Å²) in [6.07, 6.45) is 5.18. The minimum absolute atomic E-state index is 0.0922. The summed E-state index contributed by atoms with van der Waals surface area (Å²) < 4.78 is 0. The van der Waals surface area contributed by atoms with Gasteiger partial charge < -0.3 is 0 Å². The molecule has 0 N–H and O–H groups in total. The number of hydrogen-bond acceptors (Lipinski definition) is 1. The van der Waals surface area contributed by atoms with Crippen LogP contribution in [0.2, 0.25) is 0 Å². The number of fused-ring (bicyclic) bond motifs is 1. The molecule has 0 bridgehead atoms. The molecule has 1 heteroatoms. The number of benzene rings is 3. The number of carbonyl (C=O) groups excluding carboxylic acids is 1. The van der Waals surface area contributed by atoms with Crippen LogP contribution >= 0.6 is 0 Å². The van der Waals surface area contributed by atoms with Crippen molar-refractivity contribution in [2.45, 2.75) is 13.3 Å². The number of carbonyl (C=O) groups is 1. The molecule has 116 valence electrons. The van der Waals surface area contributed by atoms with Crippen LogP contribution in [-0.4, -0.2) is 5.78 Å². The monoisotopic (exact) mass is 310 g/mol. The van der Waals surface area contributed by atoms with Crippen LogP contribution in [0.25, 0.3) is 16.3 Å². The van der Waals surface area contributed by atoms with E-state index < -0.39 is 0 Å². The molecule has 0 spiro atoms. The number of allylic oxidation sites excluding steroid dienone is 4. The minimum atomic E-state index is 0.0922. The molecule has 1 aliphatic carbocycles. The molecule has 3 aromatic carbocycles. The smallest absolute Gasteiger partial charge is 0.194 e. The Labute approximate surface area is 142 Å². The molecule has 0 aromatic heterocycles. The van der Waals surface area contributed by atoms with Crippen LogP contribution in [0.4, 0.5) is 0 Å². The second kappa shape index (κ2) is 5.93. The third-order valence-electron chi connectivity index (χ3n) is 4.70. The van der Waals surface area contributed by atoms with Gasteiger partial charge in [0.15, 0.2) is 5.78 Å². The Hall–Kier alpha value is -2.93. The SMILES string of the molecule is CC1=C(c2ccccc2C(=O)c2cccc3ccccc23)CC=C1. The standard InChI is InChI=1S/C23H18O/c1-16-8-6-14-18(16)20-12-4-5-13-22(20)23(24)21-15-7-10-17-9-2-3-11-19(17)21/h2-13,15H,14H2,1H3. The quantitative estimate of drug-likeness (QED) is 0.558. The average Bonchev–Trinajstić information content (AvgIpc) is 3.06. The van der Waals surface area contributed by atoms with Crippen molar-refractivity contribution >= 4 is 22.1 Å².